The molecule has 1 saturated heterocycles. The Labute approximate surface area is 118 Å². The Balaban J connectivity index is 1.78. The summed E-state index contributed by atoms with van der Waals surface area (Å²) < 4.78 is 2.03. The van der Waals surface area contributed by atoms with Gasteiger partial charge in [-0.25, -0.2) is 0 Å². The molecule has 3 heterocycles. The number of carbonyl (C=O) groups excluding carboxylic acids is 1. The van der Waals surface area contributed by atoms with Crippen molar-refractivity contribution in [1.82, 2.24) is 19.4 Å². The Kier molecular flexibility index (Phi) is 3.44. The minimum atomic E-state index is 0.201. The fourth-order valence-corrected chi connectivity index (χ4v) is 2.75. The lowest BCUT2D eigenvalue weighted by Crippen LogP contribution is -2.48. The standard InChI is InChI=1S/C15H20N4O/c1-12-10-19(14-3-4-16-9-13(12)14)11-15(20)18-7-5-17(2)6-8-18/h3-4,9-10H,5-8,11H2,1-2H3. The highest BCUT2D eigenvalue weighted by atomic mass is 16.2. The molecule has 0 bridgehead atoms. The van der Waals surface area contributed by atoms with Crippen molar-refractivity contribution in [3.8, 4) is 0 Å². The first-order valence-electron chi connectivity index (χ1n) is 7.01. The normalized spacial score (nSPS) is 16.8. The molecule has 3 rings (SSSR count). The fraction of sp³-hybridized carbons (Fsp3) is 0.467. The first kappa shape index (κ1) is 13.1. The minimum absolute atomic E-state index is 0.201. The molecule has 20 heavy (non-hydrogen) atoms. The topological polar surface area (TPSA) is 41.4 Å². The van der Waals surface area contributed by atoms with Crippen molar-refractivity contribution in [2.24, 2.45) is 0 Å². The molecule has 0 aliphatic carbocycles. The number of hydrogen-bond donors (Lipinski definition) is 0. The second kappa shape index (κ2) is 5.25. The third-order valence-electron chi connectivity index (χ3n) is 4.04. The molecule has 1 aliphatic heterocycles. The second-order valence-electron chi connectivity index (χ2n) is 5.52. The van der Waals surface area contributed by atoms with E-state index in [2.05, 4.69) is 23.9 Å². The van der Waals surface area contributed by atoms with Crippen LogP contribution in [-0.2, 0) is 11.3 Å². The highest BCUT2D eigenvalue weighted by Gasteiger charge is 2.19. The van der Waals surface area contributed by atoms with E-state index in [1.54, 1.807) is 6.20 Å². The Morgan fingerprint density at radius 2 is 2.05 bits per heavy atom. The van der Waals surface area contributed by atoms with E-state index in [-0.39, 0.29) is 5.91 Å². The smallest absolute Gasteiger partial charge is 0.242 e. The molecule has 5 nitrogen and oxygen atoms in total. The van der Waals surface area contributed by atoms with Crippen LogP contribution < -0.4 is 0 Å². The number of nitrogens with zero attached hydrogens (tertiary/aromatic N) is 4. The van der Waals surface area contributed by atoms with Crippen LogP contribution in [0.1, 0.15) is 5.56 Å². The van der Waals surface area contributed by atoms with Gasteiger partial charge >= 0.3 is 0 Å². The molecule has 0 saturated carbocycles. The molecule has 2 aromatic rings. The molecule has 0 unspecified atom stereocenters. The van der Waals surface area contributed by atoms with Crippen LogP contribution in [0.4, 0.5) is 0 Å². The number of aromatic nitrogens is 2. The van der Waals surface area contributed by atoms with Crippen LogP contribution in [0.3, 0.4) is 0 Å². The molecule has 0 aromatic carbocycles. The summed E-state index contributed by atoms with van der Waals surface area (Å²) in [7, 11) is 2.09. The summed E-state index contributed by atoms with van der Waals surface area (Å²) in [4.78, 5) is 20.8. The minimum Gasteiger partial charge on any atom is -0.339 e. The summed E-state index contributed by atoms with van der Waals surface area (Å²) in [6.07, 6.45) is 5.68. The van der Waals surface area contributed by atoms with E-state index in [0.717, 1.165) is 37.1 Å². The third-order valence-corrected chi connectivity index (χ3v) is 4.04. The van der Waals surface area contributed by atoms with E-state index in [4.69, 9.17) is 0 Å². The zero-order valence-corrected chi connectivity index (χ0v) is 12.0. The first-order chi connectivity index (χ1) is 9.65. The molecular weight excluding hydrogens is 252 g/mol. The SMILES string of the molecule is Cc1cn(CC(=O)N2CCN(C)CC2)c2ccncc12. The Morgan fingerprint density at radius 3 is 2.80 bits per heavy atom. The van der Waals surface area contributed by atoms with Crippen LogP contribution in [0.25, 0.3) is 10.9 Å². The van der Waals surface area contributed by atoms with E-state index in [1.807, 2.05) is 27.9 Å². The van der Waals surface area contributed by atoms with Crippen LogP contribution in [0.5, 0.6) is 0 Å². The molecule has 1 fully saturated rings. The number of pyridine rings is 1. The largest absolute Gasteiger partial charge is 0.339 e. The van der Waals surface area contributed by atoms with Crippen LogP contribution in [0, 0.1) is 6.92 Å². The summed E-state index contributed by atoms with van der Waals surface area (Å²) in [5.74, 6) is 0.201. The van der Waals surface area contributed by atoms with Gasteiger partial charge < -0.3 is 14.4 Å². The summed E-state index contributed by atoms with van der Waals surface area (Å²) in [5.41, 5.74) is 2.25. The highest BCUT2D eigenvalue weighted by molar-refractivity contribution is 5.85. The molecule has 1 amide bonds. The van der Waals surface area contributed by atoms with Crippen LogP contribution in [-0.4, -0.2) is 58.5 Å². The first-order valence-corrected chi connectivity index (χ1v) is 7.01. The third kappa shape index (κ3) is 2.41. The van der Waals surface area contributed by atoms with Gasteiger partial charge in [-0.1, -0.05) is 0 Å². The lowest BCUT2D eigenvalue weighted by atomic mass is 10.2. The number of likely N-dealkylation sites (N-methyl/N-ethyl adjacent to an activating group) is 1. The van der Waals surface area contributed by atoms with Crippen molar-refractivity contribution in [1.29, 1.82) is 0 Å². The maximum absolute atomic E-state index is 12.4. The van der Waals surface area contributed by atoms with E-state index in [0.29, 0.717) is 6.54 Å². The lowest BCUT2D eigenvalue weighted by molar-refractivity contribution is -0.133. The van der Waals surface area contributed by atoms with Crippen LogP contribution in [0.2, 0.25) is 0 Å². The van der Waals surface area contributed by atoms with E-state index in [9.17, 15) is 4.79 Å². The predicted molar refractivity (Wildman–Crippen MR) is 78.5 cm³/mol. The molecule has 0 radical (unpaired) electrons. The monoisotopic (exact) mass is 272 g/mol. The number of amides is 1. The molecule has 0 N–H and O–H groups in total. The number of fused-ring (bicyclic) bond motifs is 1. The van der Waals surface area contributed by atoms with Crippen molar-refractivity contribution < 1.29 is 4.79 Å². The number of carbonyl (C=O) groups is 1. The molecular formula is C15H20N4O. The molecule has 1 aliphatic rings. The quantitative estimate of drug-likeness (QED) is 0.822. The summed E-state index contributed by atoms with van der Waals surface area (Å²) >= 11 is 0. The van der Waals surface area contributed by atoms with Crippen molar-refractivity contribution in [3.63, 3.8) is 0 Å². The molecule has 0 atom stereocenters. The van der Waals surface area contributed by atoms with Gasteiger partial charge in [0.1, 0.15) is 6.54 Å². The van der Waals surface area contributed by atoms with Crippen LogP contribution >= 0.6 is 0 Å². The fourth-order valence-electron chi connectivity index (χ4n) is 2.75. The van der Waals surface area contributed by atoms with Gasteiger partial charge in [-0.2, -0.15) is 0 Å². The predicted octanol–water partition coefficient (Wildman–Crippen LogP) is 1.12. The van der Waals surface area contributed by atoms with Crippen molar-refractivity contribution in [3.05, 3.63) is 30.2 Å². The van der Waals surface area contributed by atoms with Crippen molar-refractivity contribution in [2.45, 2.75) is 13.5 Å². The van der Waals surface area contributed by atoms with Gasteiger partial charge in [0.25, 0.3) is 0 Å². The maximum Gasteiger partial charge on any atom is 0.242 e. The number of hydrogen-bond acceptors (Lipinski definition) is 3. The zero-order valence-electron chi connectivity index (χ0n) is 12.0. The van der Waals surface area contributed by atoms with Gasteiger partial charge in [0.05, 0.1) is 5.52 Å². The van der Waals surface area contributed by atoms with E-state index >= 15 is 0 Å². The zero-order chi connectivity index (χ0) is 14.1. The van der Waals surface area contributed by atoms with Gasteiger partial charge in [0.15, 0.2) is 0 Å². The highest BCUT2D eigenvalue weighted by Crippen LogP contribution is 2.19. The summed E-state index contributed by atoms with van der Waals surface area (Å²) in [6, 6.07) is 1.97. The van der Waals surface area contributed by atoms with Crippen molar-refractivity contribution in [2.75, 3.05) is 33.2 Å². The lowest BCUT2D eigenvalue weighted by Gasteiger charge is -2.32. The van der Waals surface area contributed by atoms with Crippen molar-refractivity contribution >= 4 is 16.8 Å². The molecule has 2 aromatic heterocycles. The maximum atomic E-state index is 12.4. The molecule has 0 spiro atoms. The summed E-state index contributed by atoms with van der Waals surface area (Å²) in [6.45, 7) is 6.05. The number of rotatable bonds is 2. The van der Waals surface area contributed by atoms with Gasteiger partial charge in [0, 0.05) is 50.2 Å². The van der Waals surface area contributed by atoms with Gasteiger partial charge in [0.2, 0.25) is 5.91 Å². The van der Waals surface area contributed by atoms with E-state index in [1.165, 1.54) is 5.56 Å². The number of aryl methyl sites for hydroxylation is 1. The average molecular weight is 272 g/mol. The van der Waals surface area contributed by atoms with E-state index < -0.39 is 0 Å². The Morgan fingerprint density at radius 1 is 1.30 bits per heavy atom. The second-order valence-corrected chi connectivity index (χ2v) is 5.52. The molecule has 5 heteroatoms. The average Bonchev–Trinajstić information content (AvgIpc) is 2.77. The van der Waals surface area contributed by atoms with Crippen LogP contribution in [0.15, 0.2) is 24.7 Å². The molecule has 106 valence electrons. The Bertz CT molecular complexity index is 626. The van der Waals surface area contributed by atoms with Gasteiger partial charge in [-0.15, -0.1) is 0 Å². The van der Waals surface area contributed by atoms with Gasteiger partial charge in [-0.05, 0) is 25.6 Å². The van der Waals surface area contributed by atoms with Gasteiger partial charge in [-0.3, -0.25) is 9.78 Å². The summed E-state index contributed by atoms with van der Waals surface area (Å²) in [5, 5.41) is 1.12. The number of piperazine rings is 1. The Hall–Kier alpha value is -1.88.